The topological polar surface area (TPSA) is 59.5 Å². The van der Waals surface area contributed by atoms with Crippen LogP contribution in [0.3, 0.4) is 0 Å². The van der Waals surface area contributed by atoms with Crippen molar-refractivity contribution in [2.45, 2.75) is 13.8 Å². The van der Waals surface area contributed by atoms with Gasteiger partial charge in [-0.15, -0.1) is 0 Å². The number of hydrogen-bond acceptors (Lipinski definition) is 5. The van der Waals surface area contributed by atoms with Crippen LogP contribution in [0.5, 0.6) is 5.75 Å². The van der Waals surface area contributed by atoms with E-state index in [1.165, 1.54) is 4.90 Å². The summed E-state index contributed by atoms with van der Waals surface area (Å²) in [6.45, 7) is 4.44. The number of aryl methyl sites for hydroxylation is 2. The number of imide groups is 1. The van der Waals surface area contributed by atoms with Crippen molar-refractivity contribution in [3.63, 3.8) is 0 Å². The molecule has 25 heavy (non-hydrogen) atoms. The molecule has 1 fully saturated rings. The van der Waals surface area contributed by atoms with E-state index in [2.05, 4.69) is 4.98 Å². The Morgan fingerprint density at radius 3 is 2.80 bits per heavy atom. The van der Waals surface area contributed by atoms with E-state index in [9.17, 15) is 9.59 Å². The van der Waals surface area contributed by atoms with E-state index in [0.717, 1.165) is 28.6 Å². The van der Waals surface area contributed by atoms with Gasteiger partial charge in [0.1, 0.15) is 12.4 Å². The Bertz CT molecular complexity index is 834. The van der Waals surface area contributed by atoms with Crippen LogP contribution in [0.15, 0.2) is 47.5 Å². The standard InChI is InChI=1S/C19H18N2O3S/c1-13-6-7-14(2)16(11-13)24-10-9-21-18(22)17(25-19(21)23)12-15-5-3-4-8-20-15/h3-8,11-12H,9-10H2,1-2H3/b17-12-. The molecule has 0 N–H and O–H groups in total. The van der Waals surface area contributed by atoms with Gasteiger partial charge in [0, 0.05) is 6.20 Å². The predicted octanol–water partition coefficient (Wildman–Crippen LogP) is 3.81. The smallest absolute Gasteiger partial charge is 0.293 e. The zero-order valence-corrected chi connectivity index (χ0v) is 14.9. The van der Waals surface area contributed by atoms with Crippen LogP contribution in [0.25, 0.3) is 6.08 Å². The first-order chi connectivity index (χ1) is 12.0. The number of aromatic nitrogens is 1. The number of hydrogen-bond donors (Lipinski definition) is 0. The Morgan fingerprint density at radius 2 is 2.04 bits per heavy atom. The molecular formula is C19H18N2O3S. The van der Waals surface area contributed by atoms with Gasteiger partial charge in [-0.05, 0) is 61.0 Å². The second-order valence-electron chi connectivity index (χ2n) is 5.71. The van der Waals surface area contributed by atoms with E-state index < -0.39 is 0 Å². The minimum Gasteiger partial charge on any atom is -0.491 e. The van der Waals surface area contributed by atoms with E-state index in [1.807, 2.05) is 38.1 Å². The third kappa shape index (κ3) is 4.09. The molecule has 2 aromatic rings. The SMILES string of the molecule is Cc1ccc(C)c(OCCN2C(=O)S/C(=C\c3ccccn3)C2=O)c1. The number of carbonyl (C=O) groups excluding carboxylic acids is 2. The molecule has 1 aromatic heterocycles. The maximum atomic E-state index is 12.4. The fourth-order valence-corrected chi connectivity index (χ4v) is 3.25. The van der Waals surface area contributed by atoms with Gasteiger partial charge in [0.2, 0.25) is 0 Å². The summed E-state index contributed by atoms with van der Waals surface area (Å²) in [5, 5.41) is -0.281. The Balaban J connectivity index is 1.63. The lowest BCUT2D eigenvalue weighted by Gasteiger charge is -2.14. The quantitative estimate of drug-likeness (QED) is 0.764. The van der Waals surface area contributed by atoms with E-state index in [4.69, 9.17) is 4.74 Å². The molecule has 0 saturated carbocycles. The third-order valence-corrected chi connectivity index (χ3v) is 4.66. The number of benzene rings is 1. The van der Waals surface area contributed by atoms with Gasteiger partial charge >= 0.3 is 0 Å². The molecule has 128 valence electrons. The first-order valence-corrected chi connectivity index (χ1v) is 8.73. The van der Waals surface area contributed by atoms with Crippen molar-refractivity contribution >= 4 is 29.0 Å². The summed E-state index contributed by atoms with van der Waals surface area (Å²) in [6.07, 6.45) is 3.28. The van der Waals surface area contributed by atoms with Gasteiger partial charge < -0.3 is 4.74 Å². The fourth-order valence-electron chi connectivity index (χ4n) is 2.40. The number of pyridine rings is 1. The third-order valence-electron chi connectivity index (χ3n) is 3.76. The summed E-state index contributed by atoms with van der Waals surface area (Å²) in [5.74, 6) is 0.473. The van der Waals surface area contributed by atoms with Crippen LogP contribution in [-0.2, 0) is 4.79 Å². The number of rotatable bonds is 5. The second kappa shape index (κ2) is 7.53. The number of carbonyl (C=O) groups is 2. The normalized spacial score (nSPS) is 15.9. The summed E-state index contributed by atoms with van der Waals surface area (Å²) in [6, 6.07) is 11.4. The molecule has 0 unspecified atom stereocenters. The first kappa shape index (κ1) is 17.2. The largest absolute Gasteiger partial charge is 0.491 e. The molecular weight excluding hydrogens is 336 g/mol. The van der Waals surface area contributed by atoms with Crippen LogP contribution in [0.2, 0.25) is 0 Å². The van der Waals surface area contributed by atoms with E-state index in [1.54, 1.807) is 24.4 Å². The van der Waals surface area contributed by atoms with Gasteiger partial charge in [-0.25, -0.2) is 0 Å². The van der Waals surface area contributed by atoms with Crippen LogP contribution < -0.4 is 4.74 Å². The van der Waals surface area contributed by atoms with Crippen molar-refractivity contribution in [2.24, 2.45) is 0 Å². The van der Waals surface area contributed by atoms with Gasteiger partial charge in [0.25, 0.3) is 11.1 Å². The molecule has 0 radical (unpaired) electrons. The molecule has 2 heterocycles. The van der Waals surface area contributed by atoms with Gasteiger partial charge in [-0.3, -0.25) is 19.5 Å². The predicted molar refractivity (Wildman–Crippen MR) is 98.3 cm³/mol. The molecule has 1 aliphatic heterocycles. The van der Waals surface area contributed by atoms with Gasteiger partial charge in [0.15, 0.2) is 0 Å². The molecule has 0 atom stereocenters. The van der Waals surface area contributed by atoms with Gasteiger partial charge in [-0.1, -0.05) is 18.2 Å². The molecule has 5 nitrogen and oxygen atoms in total. The van der Waals surface area contributed by atoms with Crippen LogP contribution in [0, 0.1) is 13.8 Å². The highest BCUT2D eigenvalue weighted by molar-refractivity contribution is 8.18. The molecule has 0 spiro atoms. The minimum absolute atomic E-state index is 0.220. The average molecular weight is 354 g/mol. The van der Waals surface area contributed by atoms with E-state index in [-0.39, 0.29) is 24.3 Å². The molecule has 1 aliphatic rings. The van der Waals surface area contributed by atoms with E-state index >= 15 is 0 Å². The van der Waals surface area contributed by atoms with Crippen molar-refractivity contribution in [1.29, 1.82) is 0 Å². The highest BCUT2D eigenvalue weighted by atomic mass is 32.2. The molecule has 1 aromatic carbocycles. The molecule has 3 rings (SSSR count). The highest BCUT2D eigenvalue weighted by Crippen LogP contribution is 2.31. The van der Waals surface area contributed by atoms with Crippen molar-refractivity contribution in [3.05, 3.63) is 64.3 Å². The zero-order valence-electron chi connectivity index (χ0n) is 14.1. The Kier molecular flexibility index (Phi) is 5.19. The van der Waals surface area contributed by atoms with Gasteiger partial charge in [-0.2, -0.15) is 0 Å². The van der Waals surface area contributed by atoms with Crippen LogP contribution in [0.4, 0.5) is 4.79 Å². The summed E-state index contributed by atoms with van der Waals surface area (Å²) >= 11 is 0.931. The fraction of sp³-hybridized carbons (Fsp3) is 0.211. The lowest BCUT2D eigenvalue weighted by molar-refractivity contribution is -0.123. The van der Waals surface area contributed by atoms with Crippen molar-refractivity contribution in [1.82, 2.24) is 9.88 Å². The highest BCUT2D eigenvalue weighted by Gasteiger charge is 2.34. The number of amides is 2. The van der Waals surface area contributed by atoms with Crippen LogP contribution in [0.1, 0.15) is 16.8 Å². The zero-order chi connectivity index (χ0) is 17.8. The van der Waals surface area contributed by atoms with Crippen LogP contribution >= 0.6 is 11.8 Å². The van der Waals surface area contributed by atoms with E-state index in [0.29, 0.717) is 10.6 Å². The Morgan fingerprint density at radius 1 is 1.20 bits per heavy atom. The summed E-state index contributed by atoms with van der Waals surface area (Å²) < 4.78 is 5.74. The second-order valence-corrected chi connectivity index (χ2v) is 6.70. The van der Waals surface area contributed by atoms with Crippen LogP contribution in [-0.4, -0.2) is 34.2 Å². The number of nitrogens with zero attached hydrogens (tertiary/aromatic N) is 2. The molecule has 6 heteroatoms. The summed E-state index contributed by atoms with van der Waals surface area (Å²) in [4.78, 5) is 30.3. The Hall–Kier alpha value is -2.60. The Labute approximate surface area is 150 Å². The first-order valence-electron chi connectivity index (χ1n) is 7.91. The molecule has 0 aliphatic carbocycles. The monoisotopic (exact) mass is 354 g/mol. The maximum Gasteiger partial charge on any atom is 0.293 e. The molecule has 2 amide bonds. The summed E-state index contributed by atoms with van der Waals surface area (Å²) in [7, 11) is 0. The lowest BCUT2D eigenvalue weighted by Crippen LogP contribution is -2.32. The number of thioether (sulfide) groups is 1. The lowest BCUT2D eigenvalue weighted by atomic mass is 10.1. The molecule has 0 bridgehead atoms. The molecule has 1 saturated heterocycles. The maximum absolute atomic E-state index is 12.4. The minimum atomic E-state index is -0.301. The van der Waals surface area contributed by atoms with Crippen molar-refractivity contribution < 1.29 is 14.3 Å². The number of ether oxygens (including phenoxy) is 1. The van der Waals surface area contributed by atoms with Crippen molar-refractivity contribution in [3.8, 4) is 5.75 Å². The average Bonchev–Trinajstić information content (AvgIpc) is 2.86. The van der Waals surface area contributed by atoms with Gasteiger partial charge in [0.05, 0.1) is 17.1 Å². The van der Waals surface area contributed by atoms with Crippen molar-refractivity contribution in [2.75, 3.05) is 13.2 Å². The summed E-state index contributed by atoms with van der Waals surface area (Å²) in [5.41, 5.74) is 2.78.